The first kappa shape index (κ1) is 18.0. The number of anilines is 1. The molecule has 1 heterocycles. The summed E-state index contributed by atoms with van der Waals surface area (Å²) in [6, 6.07) is 2.14. The Morgan fingerprint density at radius 1 is 1.23 bits per heavy atom. The van der Waals surface area contributed by atoms with Crippen molar-refractivity contribution < 1.29 is 0 Å². The molecule has 7 heteroatoms. The molecule has 0 aromatic carbocycles. The third-order valence-electron chi connectivity index (χ3n) is 3.76. The molecule has 0 saturated carbocycles. The molecule has 0 aliphatic carbocycles. The second-order valence-electron chi connectivity index (χ2n) is 6.17. The summed E-state index contributed by atoms with van der Waals surface area (Å²) < 4.78 is 2.25. The van der Waals surface area contributed by atoms with Gasteiger partial charge in [-0.25, -0.2) is 4.79 Å². The van der Waals surface area contributed by atoms with E-state index in [1.54, 1.807) is 7.05 Å². The van der Waals surface area contributed by atoms with Crippen molar-refractivity contribution in [2.45, 2.75) is 26.3 Å². The number of likely N-dealkylation sites (N-methyl/N-ethyl adjacent to an activating group) is 1. The fourth-order valence-corrected chi connectivity index (χ4v) is 2.39. The summed E-state index contributed by atoms with van der Waals surface area (Å²) in [5.74, 6) is 0.809. The number of nitrogens with one attached hydrogen (secondary N) is 1. The summed E-state index contributed by atoms with van der Waals surface area (Å²) >= 11 is 0. The van der Waals surface area contributed by atoms with Crippen molar-refractivity contribution in [3.8, 4) is 6.07 Å². The first-order valence-corrected chi connectivity index (χ1v) is 7.31. The van der Waals surface area contributed by atoms with Crippen molar-refractivity contribution in [3.05, 3.63) is 26.4 Å². The summed E-state index contributed by atoms with van der Waals surface area (Å²) in [5.41, 5.74) is -1.05. The fourth-order valence-electron chi connectivity index (χ4n) is 2.39. The molecule has 0 spiro atoms. The normalized spacial score (nSPS) is 12.5. The maximum atomic E-state index is 12.0. The van der Waals surface area contributed by atoms with Gasteiger partial charge in [-0.2, -0.15) is 5.26 Å². The Kier molecular flexibility index (Phi) is 5.94. The quantitative estimate of drug-likeness (QED) is 0.819. The van der Waals surface area contributed by atoms with Crippen LogP contribution in [0.25, 0.3) is 0 Å². The van der Waals surface area contributed by atoms with Gasteiger partial charge in [-0.15, -0.1) is 0 Å². The lowest BCUT2D eigenvalue weighted by molar-refractivity contribution is 0.265. The van der Waals surface area contributed by atoms with Gasteiger partial charge >= 0.3 is 5.69 Å². The SMILES string of the molecule is CC(C)CC(CNc1c(C#N)c(=O)n(C)c(=O)n1C)N(C)C. The van der Waals surface area contributed by atoms with Gasteiger partial charge in [0, 0.05) is 26.7 Å². The van der Waals surface area contributed by atoms with Crippen LogP contribution in [-0.4, -0.2) is 40.7 Å². The van der Waals surface area contributed by atoms with Crippen LogP contribution in [0.2, 0.25) is 0 Å². The molecule has 1 rings (SSSR count). The van der Waals surface area contributed by atoms with Gasteiger partial charge in [-0.05, 0) is 26.4 Å². The molecule has 122 valence electrons. The van der Waals surface area contributed by atoms with Gasteiger partial charge in [0.05, 0.1) is 0 Å². The van der Waals surface area contributed by atoms with Crippen molar-refractivity contribution in [2.24, 2.45) is 20.0 Å². The molecule has 1 N–H and O–H groups in total. The van der Waals surface area contributed by atoms with E-state index >= 15 is 0 Å². The van der Waals surface area contributed by atoms with E-state index in [2.05, 4.69) is 24.1 Å². The van der Waals surface area contributed by atoms with E-state index in [9.17, 15) is 14.9 Å². The lowest BCUT2D eigenvalue weighted by Gasteiger charge is -2.27. The highest BCUT2D eigenvalue weighted by molar-refractivity contribution is 5.51. The monoisotopic (exact) mass is 307 g/mol. The summed E-state index contributed by atoms with van der Waals surface area (Å²) in [6.07, 6.45) is 0.973. The van der Waals surface area contributed by atoms with Gasteiger partial charge in [-0.3, -0.25) is 13.9 Å². The van der Waals surface area contributed by atoms with Crippen LogP contribution in [0.4, 0.5) is 5.82 Å². The minimum atomic E-state index is -0.571. The Labute approximate surface area is 130 Å². The van der Waals surface area contributed by atoms with Crippen LogP contribution in [0.1, 0.15) is 25.8 Å². The second-order valence-corrected chi connectivity index (χ2v) is 6.17. The van der Waals surface area contributed by atoms with Crippen LogP contribution in [0, 0.1) is 17.2 Å². The van der Waals surface area contributed by atoms with E-state index < -0.39 is 11.2 Å². The zero-order chi connectivity index (χ0) is 17.0. The van der Waals surface area contributed by atoms with E-state index in [1.807, 2.05) is 20.2 Å². The number of rotatable bonds is 6. The molecule has 1 unspecified atom stereocenters. The fraction of sp³-hybridized carbons (Fsp3) is 0.667. The summed E-state index contributed by atoms with van der Waals surface area (Å²) in [4.78, 5) is 26.1. The van der Waals surface area contributed by atoms with Gasteiger partial charge in [-0.1, -0.05) is 13.8 Å². The maximum Gasteiger partial charge on any atom is 0.332 e. The molecular formula is C15H25N5O2. The van der Waals surface area contributed by atoms with E-state index in [0.29, 0.717) is 12.5 Å². The molecule has 22 heavy (non-hydrogen) atoms. The van der Waals surface area contributed by atoms with Crippen LogP contribution in [0.15, 0.2) is 9.59 Å². The average Bonchev–Trinajstić information content (AvgIpc) is 2.45. The summed E-state index contributed by atoms with van der Waals surface area (Å²) in [7, 11) is 6.90. The third-order valence-corrected chi connectivity index (χ3v) is 3.76. The van der Waals surface area contributed by atoms with Gasteiger partial charge in [0.2, 0.25) is 0 Å². The molecule has 0 radical (unpaired) electrons. The molecule has 7 nitrogen and oxygen atoms in total. The molecule has 1 atom stereocenters. The summed E-state index contributed by atoms with van der Waals surface area (Å²) in [6.45, 7) is 4.84. The standard InChI is InChI=1S/C15H25N5O2/c1-10(2)7-11(18(3)4)9-17-13-12(8-16)14(21)20(6)15(22)19(13)5/h10-11,17H,7,9H2,1-6H3. The molecule has 0 fully saturated rings. The van der Waals surface area contributed by atoms with Crippen LogP contribution in [-0.2, 0) is 14.1 Å². The predicted octanol–water partition coefficient (Wildman–Crippen LogP) is 0.344. The van der Waals surface area contributed by atoms with E-state index in [-0.39, 0.29) is 17.4 Å². The predicted molar refractivity (Wildman–Crippen MR) is 87.1 cm³/mol. The van der Waals surface area contributed by atoms with Gasteiger partial charge in [0.15, 0.2) is 5.56 Å². The lowest BCUT2D eigenvalue weighted by atomic mass is 10.0. The molecule has 0 aliphatic rings. The zero-order valence-corrected chi connectivity index (χ0v) is 14.2. The van der Waals surface area contributed by atoms with Crippen molar-refractivity contribution in [2.75, 3.05) is 26.0 Å². The highest BCUT2D eigenvalue weighted by Gasteiger charge is 2.18. The number of nitrogens with zero attached hydrogens (tertiary/aromatic N) is 4. The van der Waals surface area contributed by atoms with E-state index in [0.717, 1.165) is 11.0 Å². The Hall–Kier alpha value is -2.07. The second kappa shape index (κ2) is 7.27. The van der Waals surface area contributed by atoms with Crippen molar-refractivity contribution in [1.29, 1.82) is 5.26 Å². The molecule has 0 saturated heterocycles. The molecule has 0 amide bonds. The molecule has 0 bridgehead atoms. The van der Waals surface area contributed by atoms with Crippen molar-refractivity contribution in [1.82, 2.24) is 14.0 Å². The Morgan fingerprint density at radius 3 is 2.27 bits per heavy atom. The smallest absolute Gasteiger partial charge is 0.332 e. The van der Waals surface area contributed by atoms with Gasteiger partial charge in [0.25, 0.3) is 5.56 Å². The highest BCUT2D eigenvalue weighted by Crippen LogP contribution is 2.12. The first-order chi connectivity index (χ1) is 10.2. The highest BCUT2D eigenvalue weighted by atomic mass is 16.2. The van der Waals surface area contributed by atoms with E-state index in [1.165, 1.54) is 11.6 Å². The van der Waals surface area contributed by atoms with Gasteiger partial charge < -0.3 is 10.2 Å². The zero-order valence-electron chi connectivity index (χ0n) is 14.2. The molecule has 0 aliphatic heterocycles. The minimum Gasteiger partial charge on any atom is -0.369 e. The summed E-state index contributed by atoms with van der Waals surface area (Å²) in [5, 5.41) is 12.3. The molecule has 1 aromatic rings. The Bertz CT molecular complexity index is 679. The minimum absolute atomic E-state index is 0.0355. The Balaban J connectivity index is 3.16. The molecule has 1 aromatic heterocycles. The lowest BCUT2D eigenvalue weighted by Crippen LogP contribution is -2.42. The van der Waals surface area contributed by atoms with Crippen molar-refractivity contribution in [3.63, 3.8) is 0 Å². The number of aromatic nitrogens is 2. The van der Waals surface area contributed by atoms with Crippen LogP contribution in [0.5, 0.6) is 0 Å². The largest absolute Gasteiger partial charge is 0.369 e. The van der Waals surface area contributed by atoms with Crippen molar-refractivity contribution >= 4 is 5.82 Å². The van der Waals surface area contributed by atoms with Gasteiger partial charge in [0.1, 0.15) is 11.9 Å². The maximum absolute atomic E-state index is 12.0. The topological polar surface area (TPSA) is 83.1 Å². The van der Waals surface area contributed by atoms with E-state index in [4.69, 9.17) is 0 Å². The number of hydrogen-bond acceptors (Lipinski definition) is 5. The number of hydrogen-bond donors (Lipinski definition) is 1. The number of nitriles is 1. The van der Waals surface area contributed by atoms with Crippen LogP contribution >= 0.6 is 0 Å². The van der Waals surface area contributed by atoms with Crippen LogP contribution < -0.4 is 16.6 Å². The Morgan fingerprint density at radius 2 is 1.82 bits per heavy atom. The van der Waals surface area contributed by atoms with Crippen LogP contribution in [0.3, 0.4) is 0 Å². The first-order valence-electron chi connectivity index (χ1n) is 7.31. The molecular weight excluding hydrogens is 282 g/mol. The third kappa shape index (κ3) is 3.77. The average molecular weight is 307 g/mol.